The predicted octanol–water partition coefficient (Wildman–Crippen LogP) is 1.72. The monoisotopic (exact) mass is 226 g/mol. The molecule has 4 nitrogen and oxygen atoms in total. The van der Waals surface area contributed by atoms with Gasteiger partial charge in [-0.3, -0.25) is 4.79 Å². The number of hydrogen-bond donors (Lipinski definition) is 1. The van der Waals surface area contributed by atoms with Crippen molar-refractivity contribution in [2.24, 2.45) is 5.92 Å². The zero-order valence-corrected chi connectivity index (χ0v) is 8.91. The Labute approximate surface area is 90.5 Å². The molecule has 0 radical (unpaired) electrons. The Morgan fingerprint density at radius 3 is 2.87 bits per heavy atom. The number of aliphatic carboxylic acids is 1. The zero-order chi connectivity index (χ0) is 11.0. The molecule has 1 aliphatic rings. The van der Waals surface area contributed by atoms with Crippen LogP contribution in [0.5, 0.6) is 0 Å². The van der Waals surface area contributed by atoms with E-state index in [1.165, 1.54) is 18.4 Å². The quantitative estimate of drug-likeness (QED) is 0.797. The van der Waals surface area contributed by atoms with Gasteiger partial charge in [0.25, 0.3) is 0 Å². The van der Waals surface area contributed by atoms with E-state index in [9.17, 15) is 9.59 Å². The molecule has 2 atom stereocenters. The predicted molar refractivity (Wildman–Crippen MR) is 54.1 cm³/mol. The lowest BCUT2D eigenvalue weighted by atomic mass is 10.1. The molecule has 1 aromatic heterocycles. The molecule has 1 aromatic rings. The molecular weight excluding hydrogens is 216 g/mol. The Morgan fingerprint density at radius 2 is 2.33 bits per heavy atom. The number of carbonyl (C=O) groups is 2. The van der Waals surface area contributed by atoms with Crippen molar-refractivity contribution in [2.45, 2.75) is 12.3 Å². The van der Waals surface area contributed by atoms with E-state index in [2.05, 4.69) is 4.74 Å². The highest BCUT2D eigenvalue weighted by Crippen LogP contribution is 2.49. The molecule has 0 saturated heterocycles. The third-order valence-corrected chi connectivity index (χ3v) is 3.48. The van der Waals surface area contributed by atoms with Gasteiger partial charge < -0.3 is 9.84 Å². The summed E-state index contributed by atoms with van der Waals surface area (Å²) >= 11 is 1.30. The molecular formula is C10H10O4S. The molecule has 1 heterocycles. The van der Waals surface area contributed by atoms with Crippen LogP contribution >= 0.6 is 11.3 Å². The maximum Gasteiger partial charge on any atom is 0.348 e. The fraction of sp³-hybridized carbons (Fsp3) is 0.400. The van der Waals surface area contributed by atoms with E-state index in [4.69, 9.17) is 5.11 Å². The second-order valence-electron chi connectivity index (χ2n) is 3.48. The van der Waals surface area contributed by atoms with E-state index in [1.54, 1.807) is 5.38 Å². The number of carboxylic acids is 1. The second-order valence-corrected chi connectivity index (χ2v) is 4.40. The van der Waals surface area contributed by atoms with Gasteiger partial charge in [-0.25, -0.2) is 4.79 Å². The van der Waals surface area contributed by atoms with Crippen LogP contribution < -0.4 is 0 Å². The summed E-state index contributed by atoms with van der Waals surface area (Å²) in [4.78, 5) is 22.6. The Hall–Kier alpha value is -1.36. The van der Waals surface area contributed by atoms with E-state index in [-0.39, 0.29) is 17.8 Å². The van der Waals surface area contributed by atoms with Crippen molar-refractivity contribution in [1.82, 2.24) is 0 Å². The summed E-state index contributed by atoms with van der Waals surface area (Å²) in [5.41, 5.74) is 0.819. The molecule has 1 aliphatic carbocycles. The van der Waals surface area contributed by atoms with Crippen LogP contribution in [0.25, 0.3) is 0 Å². The van der Waals surface area contributed by atoms with E-state index >= 15 is 0 Å². The Balaban J connectivity index is 2.20. The molecule has 1 fully saturated rings. The highest BCUT2D eigenvalue weighted by molar-refractivity contribution is 7.12. The third kappa shape index (κ3) is 1.74. The van der Waals surface area contributed by atoms with Crippen LogP contribution in [-0.4, -0.2) is 24.2 Å². The van der Waals surface area contributed by atoms with E-state index < -0.39 is 5.97 Å². The third-order valence-electron chi connectivity index (χ3n) is 2.57. The van der Waals surface area contributed by atoms with Gasteiger partial charge in [-0.15, -0.1) is 11.3 Å². The van der Waals surface area contributed by atoms with E-state index in [1.807, 2.05) is 6.07 Å². The van der Waals surface area contributed by atoms with Gasteiger partial charge >= 0.3 is 11.9 Å². The van der Waals surface area contributed by atoms with Crippen LogP contribution in [0.2, 0.25) is 0 Å². The average molecular weight is 226 g/mol. The number of carboxylic acid groups (broad SMARTS) is 1. The standard InChI is InChI=1S/C10H10O4S/c1-14-10(13)8-5(2-3-15-8)6-4-7(6)9(11)12/h2-3,6-7H,4H2,1H3,(H,11,12)/t6-,7+/m0/s1. The lowest BCUT2D eigenvalue weighted by Gasteiger charge is -1.99. The normalized spacial score (nSPS) is 23.5. The summed E-state index contributed by atoms with van der Waals surface area (Å²) in [5.74, 6) is -1.51. The first-order valence-corrected chi connectivity index (χ1v) is 5.41. The molecule has 80 valence electrons. The smallest absolute Gasteiger partial charge is 0.348 e. The van der Waals surface area contributed by atoms with Crippen molar-refractivity contribution in [3.05, 3.63) is 21.9 Å². The van der Waals surface area contributed by atoms with E-state index in [0.29, 0.717) is 11.3 Å². The number of rotatable bonds is 3. The average Bonchev–Trinajstić information content (AvgIpc) is 2.88. The summed E-state index contributed by atoms with van der Waals surface area (Å²) in [6.45, 7) is 0. The van der Waals surface area contributed by atoms with Gasteiger partial charge in [-0.2, -0.15) is 0 Å². The number of ether oxygens (including phenoxy) is 1. The molecule has 0 spiro atoms. The van der Waals surface area contributed by atoms with E-state index in [0.717, 1.165) is 5.56 Å². The molecule has 15 heavy (non-hydrogen) atoms. The molecule has 0 amide bonds. The van der Waals surface area contributed by atoms with Crippen molar-refractivity contribution < 1.29 is 19.4 Å². The summed E-state index contributed by atoms with van der Waals surface area (Å²) in [5, 5.41) is 10.6. The van der Waals surface area contributed by atoms with Crippen molar-refractivity contribution in [2.75, 3.05) is 7.11 Å². The summed E-state index contributed by atoms with van der Waals surface area (Å²) < 4.78 is 4.63. The summed E-state index contributed by atoms with van der Waals surface area (Å²) in [6, 6.07) is 1.81. The zero-order valence-electron chi connectivity index (χ0n) is 8.10. The molecule has 1 saturated carbocycles. The number of hydrogen-bond acceptors (Lipinski definition) is 4. The van der Waals surface area contributed by atoms with Crippen molar-refractivity contribution >= 4 is 23.3 Å². The van der Waals surface area contributed by atoms with Crippen LogP contribution in [0.3, 0.4) is 0 Å². The minimum atomic E-state index is -0.790. The summed E-state index contributed by atoms with van der Waals surface area (Å²) in [6.07, 6.45) is 0.621. The molecule has 5 heteroatoms. The maximum absolute atomic E-state index is 11.3. The first-order valence-electron chi connectivity index (χ1n) is 4.53. The van der Waals surface area contributed by atoms with Crippen LogP contribution in [0.4, 0.5) is 0 Å². The Kier molecular flexibility index (Phi) is 2.48. The molecule has 0 unspecified atom stereocenters. The molecule has 2 rings (SSSR count). The molecule has 0 aromatic carbocycles. The number of carbonyl (C=O) groups excluding carboxylic acids is 1. The SMILES string of the molecule is COC(=O)c1sccc1[C@@H]1C[C@H]1C(=O)O. The van der Waals surface area contributed by atoms with Gasteiger partial charge in [0, 0.05) is 0 Å². The largest absolute Gasteiger partial charge is 0.481 e. The second kappa shape index (κ2) is 3.66. The maximum atomic E-state index is 11.3. The number of methoxy groups -OCH3 is 1. The van der Waals surface area contributed by atoms with Crippen LogP contribution in [0.15, 0.2) is 11.4 Å². The molecule has 0 aliphatic heterocycles. The minimum Gasteiger partial charge on any atom is -0.481 e. The highest BCUT2D eigenvalue weighted by atomic mass is 32.1. The highest BCUT2D eigenvalue weighted by Gasteiger charge is 2.46. The van der Waals surface area contributed by atoms with Crippen molar-refractivity contribution in [1.29, 1.82) is 0 Å². The van der Waals surface area contributed by atoms with Gasteiger partial charge in [0.05, 0.1) is 13.0 Å². The van der Waals surface area contributed by atoms with Crippen LogP contribution in [-0.2, 0) is 9.53 Å². The lowest BCUT2D eigenvalue weighted by Crippen LogP contribution is -2.03. The van der Waals surface area contributed by atoms with Crippen LogP contribution in [0.1, 0.15) is 27.6 Å². The van der Waals surface area contributed by atoms with Gasteiger partial charge in [-0.05, 0) is 29.3 Å². The topological polar surface area (TPSA) is 63.6 Å². The summed E-state index contributed by atoms with van der Waals surface area (Å²) in [7, 11) is 1.33. The lowest BCUT2D eigenvalue weighted by molar-refractivity contribution is -0.138. The van der Waals surface area contributed by atoms with Gasteiger partial charge in [0.1, 0.15) is 4.88 Å². The van der Waals surface area contributed by atoms with Crippen molar-refractivity contribution in [3.8, 4) is 0 Å². The first-order chi connectivity index (χ1) is 7.15. The Morgan fingerprint density at radius 1 is 1.60 bits per heavy atom. The fourth-order valence-electron chi connectivity index (χ4n) is 1.68. The first kappa shape index (κ1) is 10.2. The van der Waals surface area contributed by atoms with Crippen molar-refractivity contribution in [3.63, 3.8) is 0 Å². The van der Waals surface area contributed by atoms with Crippen LogP contribution in [0, 0.1) is 5.92 Å². The van der Waals surface area contributed by atoms with Gasteiger partial charge in [0.15, 0.2) is 0 Å². The van der Waals surface area contributed by atoms with Gasteiger partial charge in [-0.1, -0.05) is 0 Å². The van der Waals surface area contributed by atoms with Gasteiger partial charge in [0.2, 0.25) is 0 Å². The Bertz CT molecular complexity index is 409. The number of thiophene rings is 1. The number of esters is 1. The fourth-order valence-corrected chi connectivity index (χ4v) is 2.57. The molecule has 1 N–H and O–H groups in total. The minimum absolute atomic E-state index is 0.0113. The molecule has 0 bridgehead atoms.